The summed E-state index contributed by atoms with van der Waals surface area (Å²) in [6.45, 7) is 16.9. The number of benzene rings is 2. The molecular formula is C29H44N4O3. The summed E-state index contributed by atoms with van der Waals surface area (Å²) in [6, 6.07) is 16.2. The van der Waals surface area contributed by atoms with E-state index in [1.54, 1.807) is 0 Å². The zero-order chi connectivity index (χ0) is 26.9. The number of likely N-dealkylation sites (N-methyl/N-ethyl adjacent to an activating group) is 1. The summed E-state index contributed by atoms with van der Waals surface area (Å²) < 4.78 is 5.71. The van der Waals surface area contributed by atoms with Crippen LogP contribution in [0.3, 0.4) is 0 Å². The first-order chi connectivity index (χ1) is 16.7. The largest absolute Gasteiger partial charge is 0.484 e. The Morgan fingerprint density at radius 1 is 0.917 bits per heavy atom. The monoisotopic (exact) mass is 496 g/mol. The van der Waals surface area contributed by atoms with Gasteiger partial charge in [-0.2, -0.15) is 0 Å². The quantitative estimate of drug-likeness (QED) is 0.582. The zero-order valence-electron chi connectivity index (χ0n) is 23.1. The summed E-state index contributed by atoms with van der Waals surface area (Å²) in [5.74, 6) is 0.218. The van der Waals surface area contributed by atoms with Crippen LogP contribution in [0.1, 0.15) is 53.5 Å². The molecule has 2 aromatic rings. The SMILES string of the molecule is CC(N)=O.CN1CCN(c2ccc(NC(=O)COc3ccc(C(C)(C)CC(C)(C)C)cc3)cc2)CC1. The molecular weight excluding hydrogens is 452 g/mol. The van der Waals surface area contributed by atoms with Gasteiger partial charge >= 0.3 is 0 Å². The summed E-state index contributed by atoms with van der Waals surface area (Å²) in [5, 5.41) is 2.92. The lowest BCUT2D eigenvalue weighted by Crippen LogP contribution is -2.44. The van der Waals surface area contributed by atoms with Gasteiger partial charge in [0.25, 0.3) is 5.91 Å². The Morgan fingerprint density at radius 2 is 1.44 bits per heavy atom. The molecule has 3 N–H and O–H groups in total. The third-order valence-electron chi connectivity index (χ3n) is 6.00. The fourth-order valence-corrected chi connectivity index (χ4v) is 4.60. The Labute approximate surface area is 217 Å². The number of nitrogens with zero attached hydrogens (tertiary/aromatic N) is 2. The van der Waals surface area contributed by atoms with Crippen LogP contribution in [0.5, 0.6) is 5.75 Å². The summed E-state index contributed by atoms with van der Waals surface area (Å²) in [4.78, 5) is 26.3. The highest BCUT2D eigenvalue weighted by Crippen LogP contribution is 2.36. The van der Waals surface area contributed by atoms with Crippen molar-refractivity contribution in [1.82, 2.24) is 4.90 Å². The molecule has 7 heteroatoms. The van der Waals surface area contributed by atoms with Crippen molar-refractivity contribution in [3.8, 4) is 5.75 Å². The van der Waals surface area contributed by atoms with Gasteiger partial charge in [-0.05, 0) is 66.3 Å². The number of hydrogen-bond donors (Lipinski definition) is 2. The van der Waals surface area contributed by atoms with Gasteiger partial charge in [-0.1, -0.05) is 46.8 Å². The predicted octanol–water partition coefficient (Wildman–Crippen LogP) is 4.66. The van der Waals surface area contributed by atoms with E-state index < -0.39 is 0 Å². The number of nitrogens with two attached hydrogens (primary N) is 1. The maximum atomic E-state index is 12.3. The van der Waals surface area contributed by atoms with Crippen LogP contribution in [0.2, 0.25) is 0 Å². The fourth-order valence-electron chi connectivity index (χ4n) is 4.60. The van der Waals surface area contributed by atoms with Crippen LogP contribution in [-0.4, -0.2) is 56.5 Å². The minimum atomic E-state index is -0.333. The van der Waals surface area contributed by atoms with Crippen LogP contribution >= 0.6 is 0 Å². The van der Waals surface area contributed by atoms with Gasteiger partial charge in [0.05, 0.1) is 0 Å². The molecule has 0 spiro atoms. The topological polar surface area (TPSA) is 87.9 Å². The van der Waals surface area contributed by atoms with E-state index in [1.165, 1.54) is 18.2 Å². The van der Waals surface area contributed by atoms with E-state index in [9.17, 15) is 9.59 Å². The molecule has 2 aromatic carbocycles. The van der Waals surface area contributed by atoms with Crippen molar-refractivity contribution >= 4 is 23.2 Å². The van der Waals surface area contributed by atoms with Crippen LogP contribution in [0, 0.1) is 5.41 Å². The van der Waals surface area contributed by atoms with Crippen LogP contribution in [0.4, 0.5) is 11.4 Å². The lowest BCUT2D eigenvalue weighted by molar-refractivity contribution is -0.118. The normalized spacial score (nSPS) is 14.5. The molecule has 0 aliphatic carbocycles. The number of carbonyl (C=O) groups excluding carboxylic acids is 2. The van der Waals surface area contributed by atoms with E-state index in [2.05, 4.69) is 86.8 Å². The number of hydrogen-bond acceptors (Lipinski definition) is 5. The van der Waals surface area contributed by atoms with Crippen molar-refractivity contribution in [2.75, 3.05) is 50.1 Å². The summed E-state index contributed by atoms with van der Waals surface area (Å²) >= 11 is 0. The standard InChI is InChI=1S/C27H39N3O2.C2H5NO/c1-26(2,3)20-27(4,5)21-7-13-24(14-8-21)32-19-25(31)28-22-9-11-23(12-10-22)30-17-15-29(6)16-18-30;1-2(3)4/h7-14H,15-20H2,1-6H3,(H,28,31);1H3,(H2,3,4). The average molecular weight is 497 g/mol. The second-order valence-electron chi connectivity index (χ2n) is 11.4. The van der Waals surface area contributed by atoms with Crippen molar-refractivity contribution in [3.05, 3.63) is 54.1 Å². The molecule has 1 aliphatic rings. The van der Waals surface area contributed by atoms with Gasteiger partial charge < -0.3 is 25.6 Å². The molecule has 1 aliphatic heterocycles. The molecule has 36 heavy (non-hydrogen) atoms. The van der Waals surface area contributed by atoms with Crippen molar-refractivity contribution in [2.24, 2.45) is 11.1 Å². The van der Waals surface area contributed by atoms with Gasteiger partial charge in [0.15, 0.2) is 6.61 Å². The van der Waals surface area contributed by atoms with Crippen molar-refractivity contribution in [3.63, 3.8) is 0 Å². The minimum absolute atomic E-state index is 0.00899. The molecule has 1 heterocycles. The molecule has 1 fully saturated rings. The number of amides is 2. The second kappa shape index (κ2) is 12.8. The first kappa shape index (κ1) is 29.2. The van der Waals surface area contributed by atoms with E-state index in [0.29, 0.717) is 5.75 Å². The van der Waals surface area contributed by atoms with E-state index in [0.717, 1.165) is 38.3 Å². The molecule has 7 nitrogen and oxygen atoms in total. The summed E-state index contributed by atoms with van der Waals surface area (Å²) in [7, 11) is 2.15. The van der Waals surface area contributed by atoms with Gasteiger partial charge in [0.2, 0.25) is 5.91 Å². The number of anilines is 2. The number of nitrogens with one attached hydrogen (secondary N) is 1. The number of ether oxygens (including phenoxy) is 1. The molecule has 0 aromatic heterocycles. The molecule has 0 bridgehead atoms. The van der Waals surface area contributed by atoms with Crippen molar-refractivity contribution < 1.29 is 14.3 Å². The second-order valence-corrected chi connectivity index (χ2v) is 11.4. The van der Waals surface area contributed by atoms with Gasteiger partial charge in [-0.15, -0.1) is 0 Å². The van der Waals surface area contributed by atoms with E-state index in [-0.39, 0.29) is 29.3 Å². The highest BCUT2D eigenvalue weighted by Gasteiger charge is 2.27. The first-order valence-corrected chi connectivity index (χ1v) is 12.6. The Bertz CT molecular complexity index is 967. The lowest BCUT2D eigenvalue weighted by Gasteiger charge is -2.34. The van der Waals surface area contributed by atoms with Gasteiger partial charge in [-0.25, -0.2) is 0 Å². The highest BCUT2D eigenvalue weighted by atomic mass is 16.5. The number of primary amides is 1. The van der Waals surface area contributed by atoms with Gasteiger partial charge in [-0.3, -0.25) is 9.59 Å². The Morgan fingerprint density at radius 3 is 1.94 bits per heavy atom. The Kier molecular flexibility index (Phi) is 10.3. The molecule has 0 unspecified atom stereocenters. The third-order valence-corrected chi connectivity index (χ3v) is 6.00. The van der Waals surface area contributed by atoms with E-state index in [1.807, 2.05) is 24.3 Å². The summed E-state index contributed by atoms with van der Waals surface area (Å²) in [5.41, 5.74) is 8.09. The van der Waals surface area contributed by atoms with Gasteiger partial charge in [0.1, 0.15) is 5.75 Å². The predicted molar refractivity (Wildman–Crippen MR) is 149 cm³/mol. The average Bonchev–Trinajstić information content (AvgIpc) is 2.77. The molecule has 3 rings (SSSR count). The number of piperazine rings is 1. The van der Waals surface area contributed by atoms with E-state index in [4.69, 9.17) is 4.74 Å². The third kappa shape index (κ3) is 10.3. The molecule has 198 valence electrons. The number of carbonyl (C=O) groups is 2. The Balaban J connectivity index is 0.00000106. The van der Waals surface area contributed by atoms with Crippen LogP contribution in [0.15, 0.2) is 48.5 Å². The van der Waals surface area contributed by atoms with Crippen LogP contribution in [-0.2, 0) is 15.0 Å². The maximum absolute atomic E-state index is 12.3. The van der Waals surface area contributed by atoms with Gasteiger partial charge in [0, 0.05) is 44.5 Å². The molecule has 0 radical (unpaired) electrons. The minimum Gasteiger partial charge on any atom is -0.484 e. The molecule has 1 saturated heterocycles. The van der Waals surface area contributed by atoms with Crippen LogP contribution in [0.25, 0.3) is 0 Å². The highest BCUT2D eigenvalue weighted by molar-refractivity contribution is 5.92. The maximum Gasteiger partial charge on any atom is 0.262 e. The lowest BCUT2D eigenvalue weighted by atomic mass is 9.72. The molecule has 2 amide bonds. The smallest absolute Gasteiger partial charge is 0.262 e. The van der Waals surface area contributed by atoms with Crippen molar-refractivity contribution in [1.29, 1.82) is 0 Å². The van der Waals surface area contributed by atoms with Crippen LogP contribution < -0.4 is 20.7 Å². The van der Waals surface area contributed by atoms with E-state index >= 15 is 0 Å². The fraction of sp³-hybridized carbons (Fsp3) is 0.517. The summed E-state index contributed by atoms with van der Waals surface area (Å²) in [6.07, 6.45) is 1.09. The Hall–Kier alpha value is -3.06. The molecule has 0 atom stereocenters. The zero-order valence-corrected chi connectivity index (χ0v) is 23.1. The first-order valence-electron chi connectivity index (χ1n) is 12.6. The van der Waals surface area contributed by atoms with Crippen molar-refractivity contribution in [2.45, 2.75) is 53.4 Å². The number of rotatable bonds is 7. The molecule has 0 saturated carbocycles.